The average Bonchev–Trinajstić information content (AvgIpc) is 2.25. The number of nitrogens with one attached hydrogen (secondary N) is 1. The van der Waals surface area contributed by atoms with Crippen molar-refractivity contribution in [3.8, 4) is 0 Å². The summed E-state index contributed by atoms with van der Waals surface area (Å²) in [6.45, 7) is 7.81. The number of benzene rings is 1. The molecule has 15 heavy (non-hydrogen) atoms. The zero-order valence-electron chi connectivity index (χ0n) is 9.33. The Bertz CT molecular complexity index is 296. The van der Waals surface area contributed by atoms with E-state index in [-0.39, 0.29) is 0 Å². The minimum atomic E-state index is 0.908. The second kappa shape index (κ2) is 7.55. The van der Waals surface area contributed by atoms with Crippen LogP contribution in [0, 0.1) is 6.92 Å². The molecule has 0 bridgehead atoms. The van der Waals surface area contributed by atoms with E-state index in [1.54, 1.807) is 0 Å². The lowest BCUT2D eigenvalue weighted by atomic mass is 10.1. The summed E-state index contributed by atoms with van der Waals surface area (Å²) in [5, 5.41) is 3.30. The first-order chi connectivity index (χ1) is 7.34. The Balaban J connectivity index is 2.15. The smallest absolute Gasteiger partial charge is 0.0187 e. The summed E-state index contributed by atoms with van der Waals surface area (Å²) in [4.78, 5) is 0. The van der Waals surface area contributed by atoms with Gasteiger partial charge >= 0.3 is 0 Å². The van der Waals surface area contributed by atoms with Crippen molar-refractivity contribution in [1.82, 2.24) is 5.32 Å². The highest BCUT2D eigenvalue weighted by atomic mass is 32.2. The van der Waals surface area contributed by atoms with E-state index in [2.05, 4.69) is 43.1 Å². The fourth-order valence-electron chi connectivity index (χ4n) is 1.30. The molecular weight excluding hydrogens is 202 g/mol. The molecule has 2 heteroatoms. The van der Waals surface area contributed by atoms with Gasteiger partial charge in [-0.1, -0.05) is 30.3 Å². The van der Waals surface area contributed by atoms with Crippen molar-refractivity contribution in [1.29, 1.82) is 0 Å². The molecule has 0 saturated carbocycles. The van der Waals surface area contributed by atoms with Gasteiger partial charge in [-0.2, -0.15) is 11.8 Å². The van der Waals surface area contributed by atoms with Crippen LogP contribution in [0.2, 0.25) is 0 Å². The number of rotatable bonds is 7. The van der Waals surface area contributed by atoms with Crippen LogP contribution in [0.4, 0.5) is 0 Å². The third-order valence-electron chi connectivity index (χ3n) is 2.23. The van der Waals surface area contributed by atoms with Crippen molar-refractivity contribution in [3.05, 3.63) is 48.0 Å². The second-order valence-corrected chi connectivity index (χ2v) is 4.58. The Morgan fingerprint density at radius 3 is 2.93 bits per heavy atom. The predicted molar refractivity (Wildman–Crippen MR) is 70.4 cm³/mol. The quantitative estimate of drug-likeness (QED) is 0.561. The van der Waals surface area contributed by atoms with Crippen LogP contribution in [-0.2, 0) is 5.75 Å². The van der Waals surface area contributed by atoms with Crippen molar-refractivity contribution in [2.75, 3.05) is 18.8 Å². The Hall–Kier alpha value is -0.730. The lowest BCUT2D eigenvalue weighted by Gasteiger charge is -2.05. The first-order valence-electron chi connectivity index (χ1n) is 5.28. The molecule has 1 N–H and O–H groups in total. The van der Waals surface area contributed by atoms with E-state index >= 15 is 0 Å². The molecule has 0 aromatic heterocycles. The van der Waals surface area contributed by atoms with E-state index in [0.29, 0.717) is 0 Å². The first kappa shape index (κ1) is 12.3. The van der Waals surface area contributed by atoms with Gasteiger partial charge in [0, 0.05) is 24.6 Å². The molecule has 0 aliphatic heterocycles. The van der Waals surface area contributed by atoms with E-state index in [4.69, 9.17) is 0 Å². The molecule has 0 amide bonds. The Kier molecular flexibility index (Phi) is 6.21. The van der Waals surface area contributed by atoms with Gasteiger partial charge in [0.1, 0.15) is 0 Å². The second-order valence-electron chi connectivity index (χ2n) is 3.47. The fourth-order valence-corrected chi connectivity index (χ4v) is 2.28. The topological polar surface area (TPSA) is 12.0 Å². The fraction of sp³-hybridized carbons (Fsp3) is 0.385. The van der Waals surface area contributed by atoms with Gasteiger partial charge in [0.25, 0.3) is 0 Å². The third kappa shape index (κ3) is 5.05. The highest BCUT2D eigenvalue weighted by molar-refractivity contribution is 7.98. The molecule has 82 valence electrons. The molecule has 1 rings (SSSR count). The van der Waals surface area contributed by atoms with Crippen molar-refractivity contribution >= 4 is 11.8 Å². The number of hydrogen-bond donors (Lipinski definition) is 1. The minimum absolute atomic E-state index is 0.908. The largest absolute Gasteiger partial charge is 0.312 e. The average molecular weight is 221 g/mol. The van der Waals surface area contributed by atoms with Crippen LogP contribution < -0.4 is 5.32 Å². The zero-order chi connectivity index (χ0) is 10.9. The lowest BCUT2D eigenvalue weighted by molar-refractivity contribution is 0.807. The van der Waals surface area contributed by atoms with Gasteiger partial charge in [0.15, 0.2) is 0 Å². The molecule has 0 saturated heterocycles. The molecule has 1 aromatic carbocycles. The molecule has 0 radical (unpaired) electrons. The summed E-state index contributed by atoms with van der Waals surface area (Å²) in [6, 6.07) is 8.58. The van der Waals surface area contributed by atoms with Gasteiger partial charge in [-0.05, 0) is 18.1 Å². The van der Waals surface area contributed by atoms with E-state index < -0.39 is 0 Å². The van der Waals surface area contributed by atoms with Gasteiger partial charge < -0.3 is 5.32 Å². The van der Waals surface area contributed by atoms with Crippen LogP contribution >= 0.6 is 11.8 Å². The van der Waals surface area contributed by atoms with Gasteiger partial charge in [0.05, 0.1) is 0 Å². The van der Waals surface area contributed by atoms with Crippen LogP contribution in [0.25, 0.3) is 0 Å². The maximum atomic E-state index is 3.67. The number of aryl methyl sites for hydroxylation is 1. The molecular formula is C13H19NS. The van der Waals surface area contributed by atoms with Crippen LogP contribution in [0.15, 0.2) is 36.9 Å². The van der Waals surface area contributed by atoms with E-state index in [0.717, 1.165) is 24.6 Å². The normalized spacial score (nSPS) is 10.2. The summed E-state index contributed by atoms with van der Waals surface area (Å²) in [7, 11) is 0. The summed E-state index contributed by atoms with van der Waals surface area (Å²) >= 11 is 1.97. The summed E-state index contributed by atoms with van der Waals surface area (Å²) in [6.07, 6.45) is 1.89. The molecule has 1 aromatic rings. The number of thioether (sulfide) groups is 1. The molecule has 0 unspecified atom stereocenters. The van der Waals surface area contributed by atoms with Crippen molar-refractivity contribution < 1.29 is 0 Å². The monoisotopic (exact) mass is 221 g/mol. The zero-order valence-corrected chi connectivity index (χ0v) is 10.1. The highest BCUT2D eigenvalue weighted by Crippen LogP contribution is 2.14. The molecule has 0 fully saturated rings. The van der Waals surface area contributed by atoms with Crippen LogP contribution in [0.3, 0.4) is 0 Å². The van der Waals surface area contributed by atoms with Gasteiger partial charge in [0.2, 0.25) is 0 Å². The predicted octanol–water partition coefficient (Wildman–Crippen LogP) is 3.00. The van der Waals surface area contributed by atoms with E-state index in [1.807, 2.05) is 17.8 Å². The van der Waals surface area contributed by atoms with Gasteiger partial charge in [-0.25, -0.2) is 0 Å². The standard InChI is InChI=1S/C13H19NS/c1-3-8-14-9-10-15-11-13-7-5-4-6-12(13)2/h3-7,14H,1,8-11H2,2H3. The molecule has 0 aliphatic rings. The maximum absolute atomic E-state index is 3.67. The van der Waals surface area contributed by atoms with Crippen molar-refractivity contribution in [2.24, 2.45) is 0 Å². The Morgan fingerprint density at radius 2 is 2.20 bits per heavy atom. The van der Waals surface area contributed by atoms with Crippen molar-refractivity contribution in [3.63, 3.8) is 0 Å². The SMILES string of the molecule is C=CCNCCSCc1ccccc1C. The summed E-state index contributed by atoms with van der Waals surface area (Å²) < 4.78 is 0. The minimum Gasteiger partial charge on any atom is -0.312 e. The maximum Gasteiger partial charge on any atom is 0.0187 e. The van der Waals surface area contributed by atoms with Gasteiger partial charge in [-0.3, -0.25) is 0 Å². The Morgan fingerprint density at radius 1 is 1.40 bits per heavy atom. The van der Waals surface area contributed by atoms with E-state index in [1.165, 1.54) is 11.1 Å². The molecule has 0 aliphatic carbocycles. The molecule has 0 atom stereocenters. The lowest BCUT2D eigenvalue weighted by Crippen LogP contribution is -2.16. The van der Waals surface area contributed by atoms with Crippen LogP contribution in [-0.4, -0.2) is 18.8 Å². The van der Waals surface area contributed by atoms with Crippen LogP contribution in [0.5, 0.6) is 0 Å². The molecule has 0 spiro atoms. The Labute approximate surface area is 97.0 Å². The summed E-state index contributed by atoms with van der Waals surface area (Å²) in [5.74, 6) is 2.27. The summed E-state index contributed by atoms with van der Waals surface area (Å²) in [5.41, 5.74) is 2.84. The third-order valence-corrected chi connectivity index (χ3v) is 3.24. The molecule has 1 nitrogen and oxygen atoms in total. The van der Waals surface area contributed by atoms with E-state index in [9.17, 15) is 0 Å². The molecule has 0 heterocycles. The van der Waals surface area contributed by atoms with Gasteiger partial charge in [-0.15, -0.1) is 6.58 Å². The number of hydrogen-bond acceptors (Lipinski definition) is 2. The van der Waals surface area contributed by atoms with Crippen LogP contribution in [0.1, 0.15) is 11.1 Å². The highest BCUT2D eigenvalue weighted by Gasteiger charge is 1.96. The first-order valence-corrected chi connectivity index (χ1v) is 6.44. The van der Waals surface area contributed by atoms with Crippen molar-refractivity contribution in [2.45, 2.75) is 12.7 Å².